The summed E-state index contributed by atoms with van der Waals surface area (Å²) in [5.41, 5.74) is 0. The maximum atomic E-state index is 12.3. The first-order valence-corrected chi connectivity index (χ1v) is 8.50. The molecule has 3 rings (SSSR count). The summed E-state index contributed by atoms with van der Waals surface area (Å²) < 4.78 is 11.0. The number of benzene rings is 1. The maximum Gasteiger partial charge on any atom is 0.288 e. The number of aromatic nitrogens is 1. The molecule has 3 N–H and O–H groups in total. The lowest BCUT2D eigenvalue weighted by Gasteiger charge is -2.31. The van der Waals surface area contributed by atoms with Gasteiger partial charge in [-0.2, -0.15) is 0 Å². The topological polar surface area (TPSA) is 108 Å². The van der Waals surface area contributed by atoms with E-state index in [0.29, 0.717) is 18.7 Å². The van der Waals surface area contributed by atoms with Gasteiger partial charge >= 0.3 is 0 Å². The smallest absolute Gasteiger partial charge is 0.288 e. The minimum atomic E-state index is -0.827. The highest BCUT2D eigenvalue weighted by Gasteiger charge is 2.46. The SMILES string of the molecule is CN(CCO)[C@@H]1[C@@H](O)[C@H](Oc2ccccc2)C[C@H]1NC(=O)c1cnco1. The van der Waals surface area contributed by atoms with Crippen LogP contribution < -0.4 is 10.1 Å². The number of hydrogen-bond acceptors (Lipinski definition) is 7. The molecule has 4 atom stereocenters. The van der Waals surface area contributed by atoms with Crippen LogP contribution in [0.5, 0.6) is 5.75 Å². The first-order valence-electron chi connectivity index (χ1n) is 8.50. The van der Waals surface area contributed by atoms with Gasteiger partial charge in [0.1, 0.15) is 18.0 Å². The number of aliphatic hydroxyl groups is 2. The molecule has 1 aliphatic rings. The zero-order chi connectivity index (χ0) is 18.5. The first kappa shape index (κ1) is 18.4. The monoisotopic (exact) mass is 361 g/mol. The number of ether oxygens (including phenoxy) is 1. The summed E-state index contributed by atoms with van der Waals surface area (Å²) in [5.74, 6) is 0.361. The van der Waals surface area contributed by atoms with Gasteiger partial charge in [0.25, 0.3) is 5.91 Å². The molecule has 0 aliphatic heterocycles. The van der Waals surface area contributed by atoms with E-state index in [1.165, 1.54) is 12.6 Å². The Labute approximate surface area is 151 Å². The van der Waals surface area contributed by atoms with E-state index in [1.807, 2.05) is 35.2 Å². The molecule has 0 saturated heterocycles. The van der Waals surface area contributed by atoms with Crippen LogP contribution in [0.4, 0.5) is 0 Å². The van der Waals surface area contributed by atoms with Crippen LogP contribution in [0.3, 0.4) is 0 Å². The third-order valence-corrected chi connectivity index (χ3v) is 4.59. The molecule has 1 saturated carbocycles. The Morgan fingerprint density at radius 1 is 1.42 bits per heavy atom. The molecular weight excluding hydrogens is 338 g/mol. The quantitative estimate of drug-likeness (QED) is 0.650. The average molecular weight is 361 g/mol. The minimum absolute atomic E-state index is 0.0489. The number of oxazole rings is 1. The summed E-state index contributed by atoms with van der Waals surface area (Å²) in [6.45, 7) is 0.321. The zero-order valence-corrected chi connectivity index (χ0v) is 14.5. The Morgan fingerprint density at radius 3 is 2.85 bits per heavy atom. The van der Waals surface area contributed by atoms with E-state index in [4.69, 9.17) is 9.15 Å². The van der Waals surface area contributed by atoms with Crippen molar-refractivity contribution in [3.63, 3.8) is 0 Å². The lowest BCUT2D eigenvalue weighted by atomic mass is 10.1. The molecule has 0 spiro atoms. The van der Waals surface area contributed by atoms with Crippen molar-refractivity contribution in [2.45, 2.75) is 30.7 Å². The molecule has 2 aromatic rings. The molecule has 0 bridgehead atoms. The van der Waals surface area contributed by atoms with E-state index in [1.54, 1.807) is 7.05 Å². The van der Waals surface area contributed by atoms with Gasteiger partial charge in [-0.1, -0.05) is 18.2 Å². The lowest BCUT2D eigenvalue weighted by molar-refractivity contribution is 0.0109. The molecule has 0 unspecified atom stereocenters. The highest BCUT2D eigenvalue weighted by atomic mass is 16.5. The third kappa shape index (κ3) is 4.04. The Hall–Kier alpha value is -2.42. The Balaban J connectivity index is 1.75. The molecule has 140 valence electrons. The van der Waals surface area contributed by atoms with Crippen molar-refractivity contribution in [1.29, 1.82) is 0 Å². The fourth-order valence-corrected chi connectivity index (χ4v) is 3.37. The predicted molar refractivity (Wildman–Crippen MR) is 92.7 cm³/mol. The lowest BCUT2D eigenvalue weighted by Crippen LogP contribution is -2.52. The largest absolute Gasteiger partial charge is 0.488 e. The van der Waals surface area contributed by atoms with Crippen LogP contribution in [0.2, 0.25) is 0 Å². The van der Waals surface area contributed by atoms with Gasteiger partial charge < -0.3 is 24.7 Å². The van der Waals surface area contributed by atoms with Gasteiger partial charge in [-0.15, -0.1) is 0 Å². The number of carbonyl (C=O) groups is 1. The van der Waals surface area contributed by atoms with Crippen molar-refractivity contribution >= 4 is 5.91 Å². The number of carbonyl (C=O) groups excluding carboxylic acids is 1. The standard InChI is InChI=1S/C18H23N3O5/c1-21(7-8-22)16-13(20-18(24)15-10-19-11-25-15)9-14(17(16)23)26-12-5-3-2-4-6-12/h2-6,10-11,13-14,16-17,22-23H,7-9H2,1H3,(H,20,24)/t13-,14-,16+,17+/m1/s1. The molecule has 8 heteroatoms. The van der Waals surface area contributed by atoms with E-state index in [2.05, 4.69) is 10.3 Å². The molecule has 1 heterocycles. The second-order valence-corrected chi connectivity index (χ2v) is 6.34. The number of amides is 1. The zero-order valence-electron chi connectivity index (χ0n) is 14.5. The predicted octanol–water partition coefficient (Wildman–Crippen LogP) is 0.278. The third-order valence-electron chi connectivity index (χ3n) is 4.59. The fourth-order valence-electron chi connectivity index (χ4n) is 3.37. The number of rotatable bonds is 7. The van der Waals surface area contributed by atoms with Crippen molar-refractivity contribution in [2.24, 2.45) is 0 Å². The van der Waals surface area contributed by atoms with Crippen LogP contribution in [-0.2, 0) is 0 Å². The highest BCUT2D eigenvalue weighted by Crippen LogP contribution is 2.29. The summed E-state index contributed by atoms with van der Waals surface area (Å²) in [4.78, 5) is 17.9. The second-order valence-electron chi connectivity index (χ2n) is 6.34. The number of nitrogens with zero attached hydrogens (tertiary/aromatic N) is 2. The molecule has 1 aromatic heterocycles. The van der Waals surface area contributed by atoms with Gasteiger partial charge in [-0.05, 0) is 19.2 Å². The number of aliphatic hydroxyl groups excluding tert-OH is 2. The van der Waals surface area contributed by atoms with Crippen LogP contribution >= 0.6 is 0 Å². The van der Waals surface area contributed by atoms with Crippen molar-refractivity contribution < 1.29 is 24.2 Å². The summed E-state index contributed by atoms with van der Waals surface area (Å²) in [6.07, 6.45) is 1.65. The molecule has 1 aromatic carbocycles. The molecule has 1 aliphatic carbocycles. The Bertz CT molecular complexity index is 694. The molecule has 1 amide bonds. The Kier molecular flexibility index (Phi) is 5.87. The fraction of sp³-hybridized carbons (Fsp3) is 0.444. The van der Waals surface area contributed by atoms with Crippen molar-refractivity contribution in [1.82, 2.24) is 15.2 Å². The van der Waals surface area contributed by atoms with Crippen LogP contribution in [0.15, 0.2) is 47.3 Å². The van der Waals surface area contributed by atoms with Crippen molar-refractivity contribution in [2.75, 3.05) is 20.2 Å². The normalized spacial score (nSPS) is 25.4. The maximum absolute atomic E-state index is 12.3. The van der Waals surface area contributed by atoms with Gasteiger partial charge in [-0.25, -0.2) is 4.98 Å². The van der Waals surface area contributed by atoms with Crippen LogP contribution in [0, 0.1) is 0 Å². The van der Waals surface area contributed by atoms with Gasteiger partial charge in [0.05, 0.1) is 24.9 Å². The number of likely N-dealkylation sites (N-methyl/N-ethyl adjacent to an activating group) is 1. The summed E-state index contributed by atoms with van der Waals surface area (Å²) in [5, 5.41) is 22.9. The van der Waals surface area contributed by atoms with Gasteiger partial charge in [-0.3, -0.25) is 9.69 Å². The highest BCUT2D eigenvalue weighted by molar-refractivity contribution is 5.91. The molecule has 8 nitrogen and oxygen atoms in total. The first-order chi connectivity index (χ1) is 12.6. The van der Waals surface area contributed by atoms with Crippen molar-refractivity contribution in [3.05, 3.63) is 48.7 Å². The van der Waals surface area contributed by atoms with E-state index >= 15 is 0 Å². The van der Waals surface area contributed by atoms with Gasteiger partial charge in [0.15, 0.2) is 6.39 Å². The molecule has 0 radical (unpaired) electrons. The molecular formula is C18H23N3O5. The number of nitrogens with one attached hydrogen (secondary N) is 1. The van der Waals surface area contributed by atoms with Gasteiger partial charge in [0.2, 0.25) is 5.76 Å². The summed E-state index contributed by atoms with van der Waals surface area (Å²) >= 11 is 0. The second kappa shape index (κ2) is 8.31. The number of hydrogen-bond donors (Lipinski definition) is 3. The summed E-state index contributed by atoms with van der Waals surface area (Å²) in [6, 6.07) is 8.47. The molecule has 26 heavy (non-hydrogen) atoms. The Morgan fingerprint density at radius 2 is 2.19 bits per heavy atom. The van der Waals surface area contributed by atoms with Crippen LogP contribution in [0.25, 0.3) is 0 Å². The van der Waals surface area contributed by atoms with Gasteiger partial charge in [0, 0.05) is 13.0 Å². The van der Waals surface area contributed by atoms with E-state index < -0.39 is 24.2 Å². The molecule has 1 fully saturated rings. The van der Waals surface area contributed by atoms with E-state index in [-0.39, 0.29) is 18.4 Å². The number of para-hydroxylation sites is 1. The van der Waals surface area contributed by atoms with Crippen molar-refractivity contribution in [3.8, 4) is 5.75 Å². The van der Waals surface area contributed by atoms with Crippen LogP contribution in [0.1, 0.15) is 17.0 Å². The minimum Gasteiger partial charge on any atom is -0.488 e. The van der Waals surface area contributed by atoms with Crippen LogP contribution in [-0.4, -0.2) is 70.5 Å². The van der Waals surface area contributed by atoms with E-state index in [9.17, 15) is 15.0 Å². The average Bonchev–Trinajstić information content (AvgIpc) is 3.25. The summed E-state index contributed by atoms with van der Waals surface area (Å²) in [7, 11) is 1.79. The van der Waals surface area contributed by atoms with E-state index in [0.717, 1.165) is 0 Å².